The van der Waals surface area contributed by atoms with E-state index in [0.29, 0.717) is 19.5 Å². The molecule has 0 heterocycles. The minimum Gasteiger partial charge on any atom is -0.352 e. The smallest absolute Gasteiger partial charge is 0.220 e. The number of amides is 1. The summed E-state index contributed by atoms with van der Waals surface area (Å²) in [6.45, 7) is 7.30. The van der Waals surface area contributed by atoms with Gasteiger partial charge in [0.1, 0.15) is 0 Å². The second-order valence-corrected chi connectivity index (χ2v) is 5.89. The molecule has 3 nitrogen and oxygen atoms in total. The molecule has 0 aliphatic heterocycles. The molecule has 0 aromatic heterocycles. The highest BCUT2D eigenvalue weighted by Crippen LogP contribution is 2.17. The van der Waals surface area contributed by atoms with E-state index in [4.69, 9.17) is 5.73 Å². The summed E-state index contributed by atoms with van der Waals surface area (Å²) in [5.41, 5.74) is 7.98. The van der Waals surface area contributed by atoms with E-state index in [1.807, 2.05) is 13.8 Å². The Balaban J connectivity index is 2.42. The first-order chi connectivity index (χ1) is 8.96. The molecular formula is C16H26N2O. The van der Waals surface area contributed by atoms with Crippen molar-refractivity contribution in [3.63, 3.8) is 0 Å². The number of carbonyl (C=O) groups is 1. The molecule has 106 valence electrons. The normalized spacial score (nSPS) is 11.4. The molecule has 1 rings (SSSR count). The van der Waals surface area contributed by atoms with Crippen molar-refractivity contribution in [2.75, 3.05) is 6.54 Å². The highest BCUT2D eigenvalue weighted by molar-refractivity contribution is 5.76. The van der Waals surface area contributed by atoms with E-state index in [2.05, 4.69) is 36.5 Å². The Kier molecular flexibility index (Phi) is 6.03. The van der Waals surface area contributed by atoms with E-state index >= 15 is 0 Å². The Bertz CT molecular complexity index is 396. The molecule has 0 spiro atoms. The number of benzene rings is 1. The van der Waals surface area contributed by atoms with Gasteiger partial charge in [-0.15, -0.1) is 0 Å². The molecule has 0 radical (unpaired) electrons. The molecule has 1 amide bonds. The minimum absolute atomic E-state index is 0.0630. The van der Waals surface area contributed by atoms with E-state index in [0.717, 1.165) is 18.4 Å². The number of aryl methyl sites for hydroxylation is 1. The molecule has 1 aromatic carbocycles. The first-order valence-electron chi connectivity index (χ1n) is 7.01. The molecular weight excluding hydrogens is 236 g/mol. The van der Waals surface area contributed by atoms with Crippen LogP contribution in [0.15, 0.2) is 24.3 Å². The lowest BCUT2D eigenvalue weighted by Crippen LogP contribution is -2.32. The van der Waals surface area contributed by atoms with Crippen molar-refractivity contribution in [2.24, 2.45) is 11.1 Å². The zero-order valence-corrected chi connectivity index (χ0v) is 12.3. The van der Waals surface area contributed by atoms with Gasteiger partial charge in [-0.05, 0) is 29.5 Å². The highest BCUT2D eigenvalue weighted by atomic mass is 16.1. The van der Waals surface area contributed by atoms with Gasteiger partial charge < -0.3 is 11.1 Å². The number of carbonyl (C=O) groups excluding carboxylic acids is 1. The van der Waals surface area contributed by atoms with Crippen LogP contribution in [0.2, 0.25) is 0 Å². The predicted octanol–water partition coefficient (Wildman–Crippen LogP) is 2.63. The van der Waals surface area contributed by atoms with Crippen molar-refractivity contribution in [1.29, 1.82) is 0 Å². The van der Waals surface area contributed by atoms with Crippen LogP contribution in [0.3, 0.4) is 0 Å². The molecule has 3 heteroatoms. The Morgan fingerprint density at radius 2 is 1.79 bits per heavy atom. The number of rotatable bonds is 7. The van der Waals surface area contributed by atoms with Gasteiger partial charge >= 0.3 is 0 Å². The van der Waals surface area contributed by atoms with Gasteiger partial charge in [-0.1, -0.05) is 51.5 Å². The second-order valence-electron chi connectivity index (χ2n) is 5.89. The molecule has 0 atom stereocenters. The van der Waals surface area contributed by atoms with Crippen molar-refractivity contribution in [1.82, 2.24) is 5.32 Å². The predicted molar refractivity (Wildman–Crippen MR) is 79.7 cm³/mol. The van der Waals surface area contributed by atoms with Gasteiger partial charge in [-0.3, -0.25) is 4.79 Å². The number of hydrogen-bond donors (Lipinski definition) is 2. The van der Waals surface area contributed by atoms with E-state index in [9.17, 15) is 4.79 Å². The number of nitrogens with two attached hydrogens (primary N) is 1. The molecule has 0 aliphatic carbocycles. The molecule has 0 saturated heterocycles. The van der Waals surface area contributed by atoms with Crippen LogP contribution < -0.4 is 11.1 Å². The molecule has 1 aromatic rings. The maximum Gasteiger partial charge on any atom is 0.220 e. The third-order valence-electron chi connectivity index (χ3n) is 3.24. The van der Waals surface area contributed by atoms with E-state index in [1.165, 1.54) is 5.56 Å². The quantitative estimate of drug-likeness (QED) is 0.793. The Morgan fingerprint density at radius 3 is 2.32 bits per heavy atom. The fourth-order valence-electron chi connectivity index (χ4n) is 1.88. The average molecular weight is 262 g/mol. The minimum atomic E-state index is -0.130. The standard InChI is InChI=1S/C16H26N2O/c1-4-5-13-6-8-14(9-7-13)11-18-15(19)10-16(2,3)12-17/h6-9H,4-5,10-12,17H2,1-3H3,(H,18,19). The summed E-state index contributed by atoms with van der Waals surface area (Å²) >= 11 is 0. The summed E-state index contributed by atoms with van der Waals surface area (Å²) in [5, 5.41) is 2.95. The summed E-state index contributed by atoms with van der Waals surface area (Å²) < 4.78 is 0. The first kappa shape index (κ1) is 15.7. The fourth-order valence-corrected chi connectivity index (χ4v) is 1.88. The molecule has 3 N–H and O–H groups in total. The monoisotopic (exact) mass is 262 g/mol. The van der Waals surface area contributed by atoms with Crippen molar-refractivity contribution in [3.8, 4) is 0 Å². The summed E-state index contributed by atoms with van der Waals surface area (Å²) in [7, 11) is 0. The molecule has 0 aliphatic rings. The molecule has 0 unspecified atom stereocenters. The lowest BCUT2D eigenvalue weighted by molar-refractivity contribution is -0.123. The molecule has 0 fully saturated rings. The summed E-state index contributed by atoms with van der Waals surface area (Å²) in [5.74, 6) is 0.0630. The van der Waals surface area contributed by atoms with Gasteiger partial charge in [-0.25, -0.2) is 0 Å². The van der Waals surface area contributed by atoms with Gasteiger partial charge in [-0.2, -0.15) is 0 Å². The van der Waals surface area contributed by atoms with Crippen LogP contribution in [-0.4, -0.2) is 12.5 Å². The van der Waals surface area contributed by atoms with Gasteiger partial charge in [0.15, 0.2) is 0 Å². The molecule has 0 saturated carbocycles. The third-order valence-corrected chi connectivity index (χ3v) is 3.24. The summed E-state index contributed by atoms with van der Waals surface area (Å²) in [6, 6.07) is 8.43. The van der Waals surface area contributed by atoms with E-state index in [-0.39, 0.29) is 11.3 Å². The zero-order valence-electron chi connectivity index (χ0n) is 12.3. The lowest BCUT2D eigenvalue weighted by atomic mass is 9.89. The van der Waals surface area contributed by atoms with E-state index in [1.54, 1.807) is 0 Å². The second kappa shape index (κ2) is 7.29. The van der Waals surface area contributed by atoms with Crippen LogP contribution in [-0.2, 0) is 17.8 Å². The topological polar surface area (TPSA) is 55.1 Å². The largest absolute Gasteiger partial charge is 0.352 e. The molecule has 19 heavy (non-hydrogen) atoms. The average Bonchev–Trinajstić information content (AvgIpc) is 2.38. The number of hydrogen-bond acceptors (Lipinski definition) is 2. The van der Waals surface area contributed by atoms with Crippen molar-refractivity contribution in [2.45, 2.75) is 46.6 Å². The molecule has 0 bridgehead atoms. The SMILES string of the molecule is CCCc1ccc(CNC(=O)CC(C)(C)CN)cc1. The Labute approximate surface area is 116 Å². The van der Waals surface area contributed by atoms with Gasteiger partial charge in [0.25, 0.3) is 0 Å². The third kappa shape index (κ3) is 5.88. The highest BCUT2D eigenvalue weighted by Gasteiger charge is 2.19. The van der Waals surface area contributed by atoms with Crippen LogP contribution >= 0.6 is 0 Å². The Hall–Kier alpha value is -1.35. The van der Waals surface area contributed by atoms with Gasteiger partial charge in [0.2, 0.25) is 5.91 Å². The van der Waals surface area contributed by atoms with Crippen molar-refractivity contribution < 1.29 is 4.79 Å². The van der Waals surface area contributed by atoms with Crippen LogP contribution in [0, 0.1) is 5.41 Å². The van der Waals surface area contributed by atoms with Crippen molar-refractivity contribution in [3.05, 3.63) is 35.4 Å². The Morgan fingerprint density at radius 1 is 1.21 bits per heavy atom. The zero-order chi connectivity index (χ0) is 14.3. The first-order valence-corrected chi connectivity index (χ1v) is 7.01. The van der Waals surface area contributed by atoms with Gasteiger partial charge in [0, 0.05) is 13.0 Å². The van der Waals surface area contributed by atoms with Crippen LogP contribution in [0.4, 0.5) is 0 Å². The van der Waals surface area contributed by atoms with E-state index < -0.39 is 0 Å². The van der Waals surface area contributed by atoms with Crippen LogP contribution in [0.5, 0.6) is 0 Å². The van der Waals surface area contributed by atoms with Crippen molar-refractivity contribution >= 4 is 5.91 Å². The number of nitrogens with one attached hydrogen (secondary N) is 1. The fraction of sp³-hybridized carbons (Fsp3) is 0.562. The summed E-state index contributed by atoms with van der Waals surface area (Å²) in [4.78, 5) is 11.8. The lowest BCUT2D eigenvalue weighted by Gasteiger charge is -2.21. The maximum absolute atomic E-state index is 11.8. The summed E-state index contributed by atoms with van der Waals surface area (Å²) in [6.07, 6.45) is 2.74. The van der Waals surface area contributed by atoms with Crippen LogP contribution in [0.1, 0.15) is 44.7 Å². The van der Waals surface area contributed by atoms with Gasteiger partial charge in [0.05, 0.1) is 0 Å². The maximum atomic E-state index is 11.8. The van der Waals surface area contributed by atoms with Crippen LogP contribution in [0.25, 0.3) is 0 Å².